The lowest BCUT2D eigenvalue weighted by atomic mass is 10.1. The molecule has 2 rings (SSSR count). The minimum atomic E-state index is 0.216. The summed E-state index contributed by atoms with van der Waals surface area (Å²) in [5.41, 5.74) is 2.24. The Labute approximate surface area is 106 Å². The van der Waals surface area contributed by atoms with E-state index in [-0.39, 0.29) is 5.75 Å². The van der Waals surface area contributed by atoms with Gasteiger partial charge in [0.05, 0.1) is 5.57 Å². The van der Waals surface area contributed by atoms with Crippen molar-refractivity contribution in [1.29, 1.82) is 5.26 Å². The van der Waals surface area contributed by atoms with E-state index in [0.717, 1.165) is 11.3 Å². The second-order valence-corrected chi connectivity index (χ2v) is 3.73. The minimum Gasteiger partial charge on any atom is -0.508 e. The summed E-state index contributed by atoms with van der Waals surface area (Å²) in [5, 5.41) is 21.3. The van der Waals surface area contributed by atoms with Gasteiger partial charge in [0.25, 0.3) is 0 Å². The Bertz CT molecular complexity index is 580. The fourth-order valence-electron chi connectivity index (χ4n) is 1.51. The number of anilines is 1. The molecule has 0 saturated heterocycles. The molecule has 0 aliphatic rings. The number of nitrogens with zero attached hydrogens (tertiary/aromatic N) is 1. The molecule has 0 atom stereocenters. The zero-order chi connectivity index (χ0) is 12.8. The van der Waals surface area contributed by atoms with Crippen molar-refractivity contribution in [2.24, 2.45) is 0 Å². The second-order valence-electron chi connectivity index (χ2n) is 3.73. The highest BCUT2D eigenvalue weighted by Gasteiger charge is 1.98. The Morgan fingerprint density at radius 2 is 1.72 bits per heavy atom. The molecule has 0 unspecified atom stereocenters. The monoisotopic (exact) mass is 236 g/mol. The van der Waals surface area contributed by atoms with Crippen LogP contribution in [0.5, 0.6) is 5.75 Å². The van der Waals surface area contributed by atoms with E-state index in [2.05, 4.69) is 11.4 Å². The molecule has 2 N–H and O–H groups in total. The van der Waals surface area contributed by atoms with Crippen LogP contribution in [0.3, 0.4) is 0 Å². The van der Waals surface area contributed by atoms with Gasteiger partial charge < -0.3 is 10.4 Å². The molecule has 0 saturated carbocycles. The Kier molecular flexibility index (Phi) is 3.62. The van der Waals surface area contributed by atoms with Crippen LogP contribution in [0.25, 0.3) is 5.57 Å². The van der Waals surface area contributed by atoms with Gasteiger partial charge in [-0.1, -0.05) is 30.3 Å². The number of hydrogen-bond donors (Lipinski definition) is 2. The molecule has 0 aromatic heterocycles. The van der Waals surface area contributed by atoms with Gasteiger partial charge in [0.2, 0.25) is 0 Å². The maximum absolute atomic E-state index is 9.16. The van der Waals surface area contributed by atoms with Gasteiger partial charge in [-0.05, 0) is 29.8 Å². The number of aromatic hydroxyl groups is 1. The maximum Gasteiger partial charge on any atom is 0.115 e. The molecule has 0 heterocycles. The van der Waals surface area contributed by atoms with Crippen LogP contribution < -0.4 is 5.32 Å². The first-order valence-corrected chi connectivity index (χ1v) is 5.51. The first kappa shape index (κ1) is 11.7. The summed E-state index contributed by atoms with van der Waals surface area (Å²) in [7, 11) is 0. The number of phenols is 1. The quantitative estimate of drug-likeness (QED) is 0.634. The van der Waals surface area contributed by atoms with Gasteiger partial charge in [-0.25, -0.2) is 0 Å². The molecule has 18 heavy (non-hydrogen) atoms. The van der Waals surface area contributed by atoms with Crippen LogP contribution in [-0.2, 0) is 0 Å². The molecule has 88 valence electrons. The van der Waals surface area contributed by atoms with Gasteiger partial charge in [0.1, 0.15) is 11.8 Å². The normalized spacial score (nSPS) is 10.7. The van der Waals surface area contributed by atoms with E-state index in [0.29, 0.717) is 5.57 Å². The van der Waals surface area contributed by atoms with E-state index in [1.54, 1.807) is 30.5 Å². The lowest BCUT2D eigenvalue weighted by Crippen LogP contribution is -1.90. The van der Waals surface area contributed by atoms with Gasteiger partial charge in [0.15, 0.2) is 0 Å². The number of benzene rings is 2. The smallest absolute Gasteiger partial charge is 0.115 e. The third kappa shape index (κ3) is 2.89. The summed E-state index contributed by atoms with van der Waals surface area (Å²) in [5.74, 6) is 0.216. The third-order valence-electron chi connectivity index (χ3n) is 2.46. The molecule has 0 radical (unpaired) electrons. The van der Waals surface area contributed by atoms with Gasteiger partial charge in [-0.2, -0.15) is 5.26 Å². The molecule has 2 aromatic carbocycles. The first-order valence-electron chi connectivity index (χ1n) is 5.51. The summed E-state index contributed by atoms with van der Waals surface area (Å²) < 4.78 is 0. The number of rotatable bonds is 3. The van der Waals surface area contributed by atoms with Gasteiger partial charge in [0, 0.05) is 11.9 Å². The average Bonchev–Trinajstić information content (AvgIpc) is 2.43. The van der Waals surface area contributed by atoms with Crippen molar-refractivity contribution >= 4 is 11.3 Å². The molecule has 0 bridgehead atoms. The van der Waals surface area contributed by atoms with Crippen molar-refractivity contribution in [1.82, 2.24) is 0 Å². The predicted molar refractivity (Wildman–Crippen MR) is 71.8 cm³/mol. The number of phenolic OH excluding ortho intramolecular Hbond substituents is 1. The molecule has 0 amide bonds. The molecule has 0 fully saturated rings. The summed E-state index contributed by atoms with van der Waals surface area (Å²) in [6.45, 7) is 0. The maximum atomic E-state index is 9.16. The summed E-state index contributed by atoms with van der Waals surface area (Å²) in [6, 6.07) is 18.3. The van der Waals surface area contributed by atoms with E-state index in [4.69, 9.17) is 10.4 Å². The van der Waals surface area contributed by atoms with Crippen LogP contribution in [0, 0.1) is 11.3 Å². The SMILES string of the molecule is N#C/C(=C\Nc1ccc(O)cc1)c1ccccc1. The zero-order valence-corrected chi connectivity index (χ0v) is 9.67. The van der Waals surface area contributed by atoms with Crippen LogP contribution in [0.15, 0.2) is 60.8 Å². The van der Waals surface area contributed by atoms with Crippen molar-refractivity contribution in [3.63, 3.8) is 0 Å². The van der Waals surface area contributed by atoms with Crippen LogP contribution in [0.1, 0.15) is 5.56 Å². The Morgan fingerprint density at radius 1 is 1.06 bits per heavy atom. The fraction of sp³-hybridized carbons (Fsp3) is 0. The minimum absolute atomic E-state index is 0.216. The zero-order valence-electron chi connectivity index (χ0n) is 9.67. The topological polar surface area (TPSA) is 56.0 Å². The molecule has 0 aliphatic heterocycles. The van der Waals surface area contributed by atoms with Gasteiger partial charge in [-0.15, -0.1) is 0 Å². The third-order valence-corrected chi connectivity index (χ3v) is 2.46. The Balaban J connectivity index is 2.17. The molecule has 0 spiro atoms. The van der Waals surface area contributed by atoms with Crippen LogP contribution in [0.4, 0.5) is 5.69 Å². The Morgan fingerprint density at radius 3 is 2.33 bits per heavy atom. The number of nitrogens with one attached hydrogen (secondary N) is 1. The second kappa shape index (κ2) is 5.55. The summed E-state index contributed by atoms with van der Waals surface area (Å²) >= 11 is 0. The molecule has 3 nitrogen and oxygen atoms in total. The predicted octanol–water partition coefficient (Wildman–Crippen LogP) is 3.37. The molecular weight excluding hydrogens is 224 g/mol. The average molecular weight is 236 g/mol. The lowest BCUT2D eigenvalue weighted by Gasteiger charge is -2.03. The van der Waals surface area contributed by atoms with E-state index in [9.17, 15) is 0 Å². The number of nitriles is 1. The summed E-state index contributed by atoms with van der Waals surface area (Å²) in [4.78, 5) is 0. The largest absolute Gasteiger partial charge is 0.508 e. The lowest BCUT2D eigenvalue weighted by molar-refractivity contribution is 0.475. The van der Waals surface area contributed by atoms with E-state index >= 15 is 0 Å². The van der Waals surface area contributed by atoms with Crippen molar-refractivity contribution in [3.8, 4) is 11.8 Å². The fourth-order valence-corrected chi connectivity index (χ4v) is 1.51. The van der Waals surface area contributed by atoms with Crippen LogP contribution in [-0.4, -0.2) is 5.11 Å². The van der Waals surface area contributed by atoms with E-state index in [1.165, 1.54) is 0 Å². The highest BCUT2D eigenvalue weighted by molar-refractivity contribution is 5.78. The van der Waals surface area contributed by atoms with Gasteiger partial charge >= 0.3 is 0 Å². The molecule has 3 heteroatoms. The highest BCUT2D eigenvalue weighted by Crippen LogP contribution is 2.16. The van der Waals surface area contributed by atoms with Crippen molar-refractivity contribution in [3.05, 3.63) is 66.4 Å². The molecule has 2 aromatic rings. The highest BCUT2D eigenvalue weighted by atomic mass is 16.3. The molecular formula is C15H12N2O. The number of hydrogen-bond acceptors (Lipinski definition) is 3. The van der Waals surface area contributed by atoms with Crippen molar-refractivity contribution in [2.75, 3.05) is 5.32 Å². The Hall–Kier alpha value is -2.73. The van der Waals surface area contributed by atoms with E-state index in [1.807, 2.05) is 30.3 Å². The number of allylic oxidation sites excluding steroid dienone is 1. The van der Waals surface area contributed by atoms with Crippen LogP contribution in [0.2, 0.25) is 0 Å². The van der Waals surface area contributed by atoms with Crippen LogP contribution >= 0.6 is 0 Å². The van der Waals surface area contributed by atoms with E-state index < -0.39 is 0 Å². The van der Waals surface area contributed by atoms with Gasteiger partial charge in [-0.3, -0.25) is 0 Å². The van der Waals surface area contributed by atoms with Crippen molar-refractivity contribution < 1.29 is 5.11 Å². The standard InChI is InChI=1S/C15H12N2O/c16-10-13(12-4-2-1-3-5-12)11-17-14-6-8-15(18)9-7-14/h1-9,11,17-18H/b13-11+. The molecule has 0 aliphatic carbocycles. The van der Waals surface area contributed by atoms with Crippen molar-refractivity contribution in [2.45, 2.75) is 0 Å². The first-order chi connectivity index (χ1) is 8.79. The summed E-state index contributed by atoms with van der Waals surface area (Å²) in [6.07, 6.45) is 1.65.